The van der Waals surface area contributed by atoms with Crippen molar-refractivity contribution >= 4 is 11.8 Å². The van der Waals surface area contributed by atoms with Crippen LogP contribution in [0.4, 0.5) is 0 Å². The Morgan fingerprint density at radius 3 is 2.62 bits per heavy atom. The molecule has 1 atom stereocenters. The highest BCUT2D eigenvalue weighted by Gasteiger charge is 2.25. The van der Waals surface area contributed by atoms with Crippen LogP contribution in [0.15, 0.2) is 6.07 Å². The molecule has 1 unspecified atom stereocenters. The van der Waals surface area contributed by atoms with Gasteiger partial charge in [0.1, 0.15) is 6.04 Å². The molecule has 26 heavy (non-hydrogen) atoms. The summed E-state index contributed by atoms with van der Waals surface area (Å²) in [5, 5.41) is 10.1. The highest BCUT2D eigenvalue weighted by molar-refractivity contribution is 5.88. The fourth-order valence-corrected chi connectivity index (χ4v) is 3.24. The number of aromatic nitrogens is 4. The van der Waals surface area contributed by atoms with Crippen molar-refractivity contribution in [2.45, 2.75) is 53.0 Å². The molecule has 2 amide bonds. The van der Waals surface area contributed by atoms with Crippen molar-refractivity contribution in [2.75, 3.05) is 6.54 Å². The summed E-state index contributed by atoms with van der Waals surface area (Å²) in [5.74, 6) is 0.206. The lowest BCUT2D eigenvalue weighted by molar-refractivity contribution is -0.129. The Hall–Kier alpha value is -2.77. The second-order valence-electron chi connectivity index (χ2n) is 6.74. The van der Waals surface area contributed by atoms with Crippen LogP contribution >= 0.6 is 0 Å². The fourth-order valence-electron chi connectivity index (χ4n) is 3.24. The number of carbonyl (C=O) groups excluding carboxylic acids is 2. The number of hydrogen-bond acceptors (Lipinski definition) is 5. The highest BCUT2D eigenvalue weighted by atomic mass is 16.2. The third-order valence-corrected chi connectivity index (χ3v) is 4.56. The second kappa shape index (κ2) is 7.23. The molecule has 138 valence electrons. The molecule has 1 saturated heterocycles. The molecule has 1 aliphatic rings. The van der Waals surface area contributed by atoms with Crippen LogP contribution in [0, 0.1) is 27.7 Å². The van der Waals surface area contributed by atoms with Crippen molar-refractivity contribution in [3.05, 3.63) is 34.4 Å². The monoisotopic (exact) mass is 356 g/mol. The first-order valence-electron chi connectivity index (χ1n) is 8.80. The molecule has 1 aliphatic heterocycles. The summed E-state index contributed by atoms with van der Waals surface area (Å²) in [4.78, 5) is 33.1. The Balaban J connectivity index is 1.79. The summed E-state index contributed by atoms with van der Waals surface area (Å²) in [6, 6.07) is 1.45. The van der Waals surface area contributed by atoms with Gasteiger partial charge < -0.3 is 10.6 Å². The van der Waals surface area contributed by atoms with Crippen molar-refractivity contribution in [1.82, 2.24) is 30.4 Å². The van der Waals surface area contributed by atoms with Gasteiger partial charge in [-0.25, -0.2) is 14.6 Å². The SMILES string of the molecule is Cc1cc(C)nc(-n2nc(C)c(CC(=O)NC3CCCNC3=O)c2C)n1. The van der Waals surface area contributed by atoms with Crippen LogP contribution in [0.5, 0.6) is 0 Å². The zero-order valence-corrected chi connectivity index (χ0v) is 15.6. The van der Waals surface area contributed by atoms with E-state index in [2.05, 4.69) is 25.7 Å². The molecule has 0 saturated carbocycles. The smallest absolute Gasteiger partial charge is 0.251 e. The van der Waals surface area contributed by atoms with E-state index in [0.717, 1.165) is 34.8 Å². The van der Waals surface area contributed by atoms with E-state index in [9.17, 15) is 9.59 Å². The zero-order valence-electron chi connectivity index (χ0n) is 15.6. The van der Waals surface area contributed by atoms with Crippen molar-refractivity contribution < 1.29 is 9.59 Å². The largest absolute Gasteiger partial charge is 0.354 e. The maximum absolute atomic E-state index is 12.4. The van der Waals surface area contributed by atoms with E-state index in [4.69, 9.17) is 0 Å². The standard InChI is InChI=1S/C18H24N6O2/c1-10-8-11(2)21-18(20-10)24-13(4)14(12(3)23-24)9-16(25)22-15-6-5-7-19-17(15)26/h8,15H,5-7,9H2,1-4H3,(H,19,26)(H,22,25). The number of amides is 2. The van der Waals surface area contributed by atoms with Crippen molar-refractivity contribution in [2.24, 2.45) is 0 Å². The van der Waals surface area contributed by atoms with Gasteiger partial charge in [-0.2, -0.15) is 5.10 Å². The Bertz CT molecular complexity index is 837. The van der Waals surface area contributed by atoms with E-state index in [1.165, 1.54) is 0 Å². The van der Waals surface area contributed by atoms with Crippen LogP contribution < -0.4 is 10.6 Å². The van der Waals surface area contributed by atoms with Gasteiger partial charge in [0, 0.05) is 29.2 Å². The predicted octanol–water partition coefficient (Wildman–Crippen LogP) is 0.833. The molecule has 3 rings (SSSR count). The summed E-state index contributed by atoms with van der Waals surface area (Å²) < 4.78 is 1.67. The number of nitrogens with zero attached hydrogens (tertiary/aromatic N) is 4. The first-order chi connectivity index (χ1) is 12.3. The lowest BCUT2D eigenvalue weighted by Crippen LogP contribution is -2.50. The molecule has 0 aliphatic carbocycles. The molecule has 8 nitrogen and oxygen atoms in total. The molecule has 2 aromatic heterocycles. The molecule has 0 aromatic carbocycles. The highest BCUT2D eigenvalue weighted by Crippen LogP contribution is 2.17. The van der Waals surface area contributed by atoms with E-state index in [0.29, 0.717) is 18.9 Å². The summed E-state index contributed by atoms with van der Waals surface area (Å²) >= 11 is 0. The fraction of sp³-hybridized carbons (Fsp3) is 0.500. The summed E-state index contributed by atoms with van der Waals surface area (Å²) in [6.45, 7) is 8.26. The molecular formula is C18H24N6O2. The maximum atomic E-state index is 12.4. The van der Waals surface area contributed by atoms with Gasteiger partial charge in [0.2, 0.25) is 11.8 Å². The molecular weight excluding hydrogens is 332 g/mol. The summed E-state index contributed by atoms with van der Waals surface area (Å²) in [5.41, 5.74) is 4.15. The minimum absolute atomic E-state index is 0.114. The average Bonchev–Trinajstić information content (AvgIpc) is 2.84. The van der Waals surface area contributed by atoms with Crippen molar-refractivity contribution in [3.63, 3.8) is 0 Å². The van der Waals surface area contributed by atoms with Gasteiger partial charge in [0.05, 0.1) is 12.1 Å². The predicted molar refractivity (Wildman–Crippen MR) is 96.0 cm³/mol. The van der Waals surface area contributed by atoms with Gasteiger partial charge in [-0.05, 0) is 46.6 Å². The van der Waals surface area contributed by atoms with Gasteiger partial charge in [-0.3, -0.25) is 9.59 Å². The third-order valence-electron chi connectivity index (χ3n) is 4.56. The van der Waals surface area contributed by atoms with Gasteiger partial charge in [-0.15, -0.1) is 0 Å². The molecule has 8 heteroatoms. The number of nitrogens with one attached hydrogen (secondary N) is 2. The lowest BCUT2D eigenvalue weighted by Gasteiger charge is -2.22. The van der Waals surface area contributed by atoms with E-state index in [1.807, 2.05) is 33.8 Å². The molecule has 3 heterocycles. The van der Waals surface area contributed by atoms with E-state index in [-0.39, 0.29) is 18.2 Å². The molecule has 0 spiro atoms. The van der Waals surface area contributed by atoms with E-state index < -0.39 is 6.04 Å². The summed E-state index contributed by atoms with van der Waals surface area (Å²) in [6.07, 6.45) is 1.72. The second-order valence-corrected chi connectivity index (χ2v) is 6.74. The maximum Gasteiger partial charge on any atom is 0.251 e. The van der Waals surface area contributed by atoms with Crippen molar-refractivity contribution in [3.8, 4) is 5.95 Å². The van der Waals surface area contributed by atoms with Crippen LogP contribution in [-0.4, -0.2) is 44.1 Å². The number of rotatable bonds is 4. The number of aryl methyl sites for hydroxylation is 3. The summed E-state index contributed by atoms with van der Waals surface area (Å²) in [7, 11) is 0. The van der Waals surface area contributed by atoms with Gasteiger partial charge >= 0.3 is 0 Å². The number of hydrogen-bond donors (Lipinski definition) is 2. The molecule has 2 aromatic rings. The Morgan fingerprint density at radius 2 is 1.96 bits per heavy atom. The normalized spacial score (nSPS) is 17.1. The van der Waals surface area contributed by atoms with Crippen molar-refractivity contribution in [1.29, 1.82) is 0 Å². The number of carbonyl (C=O) groups is 2. The lowest BCUT2D eigenvalue weighted by atomic mass is 10.1. The quantitative estimate of drug-likeness (QED) is 0.845. The molecule has 0 bridgehead atoms. The molecule has 0 radical (unpaired) electrons. The Kier molecular flexibility index (Phi) is 5.01. The topological polar surface area (TPSA) is 102 Å². The molecule has 1 fully saturated rings. The first-order valence-corrected chi connectivity index (χ1v) is 8.80. The van der Waals surface area contributed by atoms with Crippen LogP contribution in [0.1, 0.15) is 41.2 Å². The van der Waals surface area contributed by atoms with Crippen LogP contribution in [0.3, 0.4) is 0 Å². The minimum atomic E-state index is -0.449. The number of piperidine rings is 1. The zero-order chi connectivity index (χ0) is 18.8. The van der Waals surface area contributed by atoms with Crippen LogP contribution in [0.25, 0.3) is 5.95 Å². The minimum Gasteiger partial charge on any atom is -0.354 e. The van der Waals surface area contributed by atoms with Gasteiger partial charge in [0.25, 0.3) is 5.95 Å². The van der Waals surface area contributed by atoms with Crippen LogP contribution in [0.2, 0.25) is 0 Å². The molecule has 2 N–H and O–H groups in total. The van der Waals surface area contributed by atoms with Gasteiger partial charge in [0.15, 0.2) is 0 Å². The van der Waals surface area contributed by atoms with E-state index >= 15 is 0 Å². The Labute approximate surface area is 152 Å². The average molecular weight is 356 g/mol. The first kappa shape index (κ1) is 18.0. The van der Waals surface area contributed by atoms with E-state index in [1.54, 1.807) is 4.68 Å². The van der Waals surface area contributed by atoms with Crippen LogP contribution in [-0.2, 0) is 16.0 Å². The Morgan fingerprint density at radius 1 is 1.27 bits per heavy atom. The van der Waals surface area contributed by atoms with Gasteiger partial charge in [-0.1, -0.05) is 0 Å². The third kappa shape index (κ3) is 3.74.